The van der Waals surface area contributed by atoms with Crippen molar-refractivity contribution in [2.75, 3.05) is 7.05 Å². The molecule has 0 saturated heterocycles. The third kappa shape index (κ3) is 4.00. The monoisotopic (exact) mass is 424 g/mol. The lowest BCUT2D eigenvalue weighted by molar-refractivity contribution is -0.129. The molecule has 3 aromatic rings. The first kappa shape index (κ1) is 20.3. The molecule has 7 nitrogen and oxygen atoms in total. The molecule has 0 bridgehead atoms. The van der Waals surface area contributed by atoms with E-state index in [2.05, 4.69) is 15.6 Å². The van der Waals surface area contributed by atoms with Crippen LogP contribution in [0.2, 0.25) is 0 Å². The van der Waals surface area contributed by atoms with E-state index >= 15 is 0 Å². The molecule has 0 radical (unpaired) electrons. The summed E-state index contributed by atoms with van der Waals surface area (Å²) in [6.45, 7) is -0.188. The minimum atomic E-state index is -0.825. The smallest absolute Gasteiger partial charge is 0.262 e. The van der Waals surface area contributed by atoms with Crippen molar-refractivity contribution in [2.45, 2.75) is 44.7 Å². The number of thiophene rings is 1. The number of benzene rings is 1. The lowest BCUT2D eigenvalue weighted by Crippen LogP contribution is -2.41. The van der Waals surface area contributed by atoms with Crippen molar-refractivity contribution >= 4 is 33.4 Å². The molecule has 0 saturated carbocycles. The molecule has 1 atom stereocenters. The van der Waals surface area contributed by atoms with Crippen LogP contribution < -0.4 is 16.2 Å². The van der Waals surface area contributed by atoms with Crippen molar-refractivity contribution in [1.82, 2.24) is 20.2 Å². The molecule has 1 aliphatic rings. The number of nitrogens with one attached hydrogen (secondary N) is 2. The molecule has 1 aromatic carbocycles. The molecule has 4 rings (SSSR count). The van der Waals surface area contributed by atoms with Crippen LogP contribution in [0.5, 0.6) is 0 Å². The quantitative estimate of drug-likeness (QED) is 0.615. The maximum Gasteiger partial charge on any atom is 0.262 e. The number of carbonyl (C=O) groups is 2. The maximum absolute atomic E-state index is 13.1. The third-order valence-corrected chi connectivity index (χ3v) is 6.65. The molecule has 0 fully saturated rings. The van der Waals surface area contributed by atoms with Gasteiger partial charge in [-0.2, -0.15) is 0 Å². The number of carbonyl (C=O) groups excluding carboxylic acids is 2. The van der Waals surface area contributed by atoms with Crippen LogP contribution >= 0.6 is 11.3 Å². The van der Waals surface area contributed by atoms with Crippen LogP contribution in [-0.4, -0.2) is 28.4 Å². The van der Waals surface area contributed by atoms with Gasteiger partial charge in [0.05, 0.1) is 11.7 Å². The van der Waals surface area contributed by atoms with Crippen LogP contribution in [0.3, 0.4) is 0 Å². The number of fused-ring (bicyclic) bond motifs is 3. The molecule has 8 heteroatoms. The number of hydrogen-bond acceptors (Lipinski definition) is 5. The van der Waals surface area contributed by atoms with Gasteiger partial charge in [0.15, 0.2) is 0 Å². The minimum absolute atomic E-state index is 0.188. The summed E-state index contributed by atoms with van der Waals surface area (Å²) in [5.74, 6) is -0.740. The van der Waals surface area contributed by atoms with E-state index in [-0.39, 0.29) is 18.0 Å². The van der Waals surface area contributed by atoms with Gasteiger partial charge in [-0.05, 0) is 36.8 Å². The Kier molecular flexibility index (Phi) is 5.94. The first-order valence-corrected chi connectivity index (χ1v) is 11.0. The Labute approximate surface area is 178 Å². The molecule has 2 aromatic heterocycles. The zero-order chi connectivity index (χ0) is 21.1. The van der Waals surface area contributed by atoms with Crippen LogP contribution in [0, 0.1) is 0 Å². The van der Waals surface area contributed by atoms with E-state index in [1.54, 1.807) is 23.5 Å². The van der Waals surface area contributed by atoms with E-state index in [9.17, 15) is 14.4 Å². The molecule has 30 heavy (non-hydrogen) atoms. The van der Waals surface area contributed by atoms with Gasteiger partial charge >= 0.3 is 0 Å². The van der Waals surface area contributed by atoms with Gasteiger partial charge in [-0.15, -0.1) is 11.3 Å². The third-order valence-electron chi connectivity index (χ3n) is 5.45. The van der Waals surface area contributed by atoms with Crippen molar-refractivity contribution in [3.05, 3.63) is 63.0 Å². The molecule has 156 valence electrons. The highest BCUT2D eigenvalue weighted by atomic mass is 32.1. The zero-order valence-electron chi connectivity index (χ0n) is 16.8. The predicted molar refractivity (Wildman–Crippen MR) is 117 cm³/mol. The minimum Gasteiger partial charge on any atom is -0.357 e. The number of amides is 2. The van der Waals surface area contributed by atoms with Crippen molar-refractivity contribution in [1.29, 1.82) is 0 Å². The standard InChI is InChI=1S/C22H24N4O3S/c1-23-20(28)19(14-8-4-2-5-9-14)25-17(27)12-26-13-24-21-18(22(26)29)15-10-6-3-7-11-16(15)30-21/h2,4-5,8-9,13,19H,3,6-7,10-12H2,1H3,(H,23,28)(H,25,27). The fourth-order valence-corrected chi connectivity index (χ4v) is 5.14. The van der Waals surface area contributed by atoms with Gasteiger partial charge in [0.2, 0.25) is 11.8 Å². The van der Waals surface area contributed by atoms with E-state index in [1.807, 2.05) is 18.2 Å². The topological polar surface area (TPSA) is 93.1 Å². The highest BCUT2D eigenvalue weighted by Crippen LogP contribution is 2.32. The predicted octanol–water partition coefficient (Wildman–Crippen LogP) is 2.33. The number of nitrogens with zero attached hydrogens (tertiary/aromatic N) is 2. The second-order valence-electron chi connectivity index (χ2n) is 7.45. The van der Waals surface area contributed by atoms with E-state index in [0.717, 1.165) is 36.1 Å². The Hall–Kier alpha value is -3.00. The number of aryl methyl sites for hydroxylation is 2. The van der Waals surface area contributed by atoms with E-state index < -0.39 is 11.9 Å². The Balaban J connectivity index is 1.59. The molecule has 0 spiro atoms. The van der Waals surface area contributed by atoms with Crippen molar-refractivity contribution in [3.63, 3.8) is 0 Å². The van der Waals surface area contributed by atoms with Crippen LogP contribution in [0.15, 0.2) is 41.5 Å². The lowest BCUT2D eigenvalue weighted by atomic mass is 10.1. The lowest BCUT2D eigenvalue weighted by Gasteiger charge is -2.18. The largest absolute Gasteiger partial charge is 0.357 e. The van der Waals surface area contributed by atoms with Crippen molar-refractivity contribution in [3.8, 4) is 0 Å². The van der Waals surface area contributed by atoms with Gasteiger partial charge in [0.25, 0.3) is 5.56 Å². The van der Waals surface area contributed by atoms with E-state index in [0.29, 0.717) is 10.9 Å². The van der Waals surface area contributed by atoms with E-state index in [4.69, 9.17) is 0 Å². The fourth-order valence-electron chi connectivity index (χ4n) is 3.92. The second kappa shape index (κ2) is 8.79. The molecule has 2 heterocycles. The first-order chi connectivity index (χ1) is 14.6. The fraction of sp³-hybridized carbons (Fsp3) is 0.364. The summed E-state index contributed by atoms with van der Waals surface area (Å²) in [6.07, 6.45) is 6.67. The first-order valence-electron chi connectivity index (χ1n) is 10.1. The Bertz CT molecular complexity index is 1140. The Morgan fingerprint density at radius 3 is 2.70 bits per heavy atom. The van der Waals surface area contributed by atoms with Crippen LogP contribution in [0.4, 0.5) is 0 Å². The molecular formula is C22H24N4O3S. The number of likely N-dealkylation sites (N-methyl/N-ethyl adjacent to an activating group) is 1. The average molecular weight is 425 g/mol. The van der Waals surface area contributed by atoms with E-state index in [1.165, 1.54) is 29.2 Å². The second-order valence-corrected chi connectivity index (χ2v) is 8.53. The van der Waals surface area contributed by atoms with Gasteiger partial charge in [-0.3, -0.25) is 19.0 Å². The molecule has 0 aliphatic heterocycles. The summed E-state index contributed by atoms with van der Waals surface area (Å²) in [7, 11) is 1.52. The van der Waals surface area contributed by atoms with Gasteiger partial charge in [-0.1, -0.05) is 36.8 Å². The summed E-state index contributed by atoms with van der Waals surface area (Å²) in [4.78, 5) is 44.6. The molecule has 2 amide bonds. The van der Waals surface area contributed by atoms with Crippen molar-refractivity contribution in [2.24, 2.45) is 0 Å². The number of aromatic nitrogens is 2. The average Bonchev–Trinajstić information content (AvgIpc) is 2.96. The summed E-state index contributed by atoms with van der Waals surface area (Å²) in [6, 6.07) is 8.19. The maximum atomic E-state index is 13.1. The Morgan fingerprint density at radius 2 is 1.93 bits per heavy atom. The zero-order valence-corrected chi connectivity index (χ0v) is 17.6. The van der Waals surface area contributed by atoms with Gasteiger partial charge < -0.3 is 10.6 Å². The van der Waals surface area contributed by atoms with Crippen molar-refractivity contribution < 1.29 is 9.59 Å². The van der Waals surface area contributed by atoms with Gasteiger partial charge in [-0.25, -0.2) is 4.98 Å². The summed E-state index contributed by atoms with van der Waals surface area (Å²) in [5.41, 5.74) is 1.59. The number of hydrogen-bond donors (Lipinski definition) is 2. The van der Waals surface area contributed by atoms with Crippen LogP contribution in [0.25, 0.3) is 10.2 Å². The molecule has 1 aliphatic carbocycles. The molecule has 1 unspecified atom stereocenters. The summed E-state index contributed by atoms with van der Waals surface area (Å²) >= 11 is 1.59. The SMILES string of the molecule is CNC(=O)C(NC(=O)Cn1cnc2sc3c(c2c1=O)CCCCC3)c1ccccc1. The normalized spacial score (nSPS) is 14.6. The van der Waals surface area contributed by atoms with Gasteiger partial charge in [0.1, 0.15) is 17.4 Å². The summed E-state index contributed by atoms with van der Waals surface area (Å²) in [5, 5.41) is 5.96. The van der Waals surface area contributed by atoms with Crippen LogP contribution in [0.1, 0.15) is 41.3 Å². The van der Waals surface area contributed by atoms with Crippen LogP contribution in [-0.2, 0) is 29.0 Å². The Morgan fingerprint density at radius 1 is 1.17 bits per heavy atom. The highest BCUT2D eigenvalue weighted by Gasteiger charge is 2.23. The molecular weight excluding hydrogens is 400 g/mol. The summed E-state index contributed by atoms with van der Waals surface area (Å²) < 4.78 is 1.33. The number of rotatable bonds is 5. The van der Waals surface area contributed by atoms with Gasteiger partial charge in [0, 0.05) is 11.9 Å². The molecule has 2 N–H and O–H groups in total. The highest BCUT2D eigenvalue weighted by molar-refractivity contribution is 7.18.